The number of benzene rings is 2. The number of hydrogen-bond acceptors (Lipinski definition) is 4. The maximum Gasteiger partial charge on any atom is 0.243 e. The molecular formula is C18H21N3O3. The van der Waals surface area contributed by atoms with Crippen molar-refractivity contribution in [1.29, 1.82) is 0 Å². The Morgan fingerprint density at radius 3 is 1.88 bits per heavy atom. The summed E-state index contributed by atoms with van der Waals surface area (Å²) in [6.45, 7) is 1.94. The van der Waals surface area contributed by atoms with Gasteiger partial charge in [0.25, 0.3) is 0 Å². The number of rotatable bonds is 7. The lowest BCUT2D eigenvalue weighted by Crippen LogP contribution is -2.21. The van der Waals surface area contributed by atoms with Gasteiger partial charge in [-0.2, -0.15) is 0 Å². The molecule has 0 aliphatic rings. The Morgan fingerprint density at radius 2 is 1.33 bits per heavy atom. The Bertz CT molecular complexity index is 682. The molecule has 2 aromatic rings. The van der Waals surface area contributed by atoms with Crippen molar-refractivity contribution in [1.82, 2.24) is 0 Å². The van der Waals surface area contributed by atoms with Gasteiger partial charge in [0.1, 0.15) is 5.75 Å². The smallest absolute Gasteiger partial charge is 0.243 e. The van der Waals surface area contributed by atoms with E-state index in [2.05, 4.69) is 16.0 Å². The maximum atomic E-state index is 11.9. The number of hydrogen-bond donors (Lipinski definition) is 3. The third-order valence-corrected chi connectivity index (χ3v) is 3.32. The number of methoxy groups -OCH3 is 1. The summed E-state index contributed by atoms with van der Waals surface area (Å²) in [6.07, 6.45) is 0.436. The third-order valence-electron chi connectivity index (χ3n) is 3.32. The van der Waals surface area contributed by atoms with E-state index in [1.165, 1.54) is 0 Å². The van der Waals surface area contributed by atoms with Crippen LogP contribution in [-0.4, -0.2) is 25.5 Å². The molecule has 0 saturated carbocycles. The maximum absolute atomic E-state index is 11.9. The van der Waals surface area contributed by atoms with Gasteiger partial charge in [0.2, 0.25) is 11.8 Å². The number of amides is 2. The zero-order valence-electron chi connectivity index (χ0n) is 13.8. The van der Waals surface area contributed by atoms with Crippen LogP contribution in [0.2, 0.25) is 0 Å². The minimum atomic E-state index is -0.150. The first-order valence-corrected chi connectivity index (χ1v) is 7.68. The molecule has 0 aromatic heterocycles. The highest BCUT2D eigenvalue weighted by molar-refractivity contribution is 5.94. The summed E-state index contributed by atoms with van der Waals surface area (Å²) < 4.78 is 5.07. The zero-order chi connectivity index (χ0) is 17.4. The molecule has 3 N–H and O–H groups in total. The molecule has 0 heterocycles. The first-order chi connectivity index (χ1) is 11.6. The highest BCUT2D eigenvalue weighted by atomic mass is 16.5. The number of carbonyl (C=O) groups excluding carboxylic acids is 2. The molecular weight excluding hydrogens is 306 g/mol. The van der Waals surface area contributed by atoms with E-state index in [1.54, 1.807) is 50.4 Å². The number of nitrogens with one attached hydrogen (secondary N) is 3. The van der Waals surface area contributed by atoms with Gasteiger partial charge in [-0.15, -0.1) is 0 Å². The average Bonchev–Trinajstić information content (AvgIpc) is 2.61. The summed E-state index contributed by atoms with van der Waals surface area (Å²) in [5, 5.41) is 8.60. The van der Waals surface area contributed by atoms with Gasteiger partial charge < -0.3 is 20.7 Å². The van der Waals surface area contributed by atoms with E-state index in [-0.39, 0.29) is 18.4 Å². The molecule has 0 radical (unpaired) electrons. The molecule has 24 heavy (non-hydrogen) atoms. The van der Waals surface area contributed by atoms with E-state index in [0.29, 0.717) is 12.1 Å². The molecule has 6 nitrogen and oxygen atoms in total. The highest BCUT2D eigenvalue weighted by Crippen LogP contribution is 2.16. The molecule has 0 aliphatic heterocycles. The van der Waals surface area contributed by atoms with Crippen molar-refractivity contribution < 1.29 is 14.3 Å². The van der Waals surface area contributed by atoms with E-state index in [4.69, 9.17) is 4.74 Å². The monoisotopic (exact) mass is 327 g/mol. The van der Waals surface area contributed by atoms with Crippen molar-refractivity contribution >= 4 is 28.9 Å². The van der Waals surface area contributed by atoms with E-state index >= 15 is 0 Å². The second-order valence-electron chi connectivity index (χ2n) is 5.11. The van der Waals surface area contributed by atoms with Gasteiger partial charge >= 0.3 is 0 Å². The average molecular weight is 327 g/mol. The van der Waals surface area contributed by atoms with Crippen LogP contribution in [-0.2, 0) is 9.59 Å². The largest absolute Gasteiger partial charge is 0.497 e. The van der Waals surface area contributed by atoms with E-state index in [9.17, 15) is 9.59 Å². The standard InChI is InChI=1S/C18H21N3O3/c1-3-17(22)20-14-6-4-13(5-7-14)19-12-18(23)21-15-8-10-16(24-2)11-9-15/h4-11,19H,3,12H2,1-2H3,(H,20,22)(H,21,23). The molecule has 0 unspecified atom stereocenters. The van der Waals surface area contributed by atoms with Crippen molar-refractivity contribution in [2.45, 2.75) is 13.3 Å². The fraction of sp³-hybridized carbons (Fsp3) is 0.222. The van der Waals surface area contributed by atoms with Crippen LogP contribution < -0.4 is 20.7 Å². The summed E-state index contributed by atoms with van der Waals surface area (Å²) in [5.74, 6) is 0.555. The Balaban J connectivity index is 1.81. The molecule has 126 valence electrons. The Kier molecular flexibility index (Phi) is 6.19. The predicted molar refractivity (Wildman–Crippen MR) is 95.5 cm³/mol. The van der Waals surface area contributed by atoms with Crippen LogP contribution in [0.1, 0.15) is 13.3 Å². The van der Waals surface area contributed by atoms with E-state index < -0.39 is 0 Å². The van der Waals surface area contributed by atoms with Crippen molar-refractivity contribution in [2.24, 2.45) is 0 Å². The summed E-state index contributed by atoms with van der Waals surface area (Å²) in [6, 6.07) is 14.3. The minimum Gasteiger partial charge on any atom is -0.497 e. The van der Waals surface area contributed by atoms with Gasteiger partial charge in [0.05, 0.1) is 13.7 Å². The molecule has 2 aromatic carbocycles. The molecule has 0 atom stereocenters. The number of ether oxygens (including phenoxy) is 1. The summed E-state index contributed by atoms with van der Waals surface area (Å²) in [5.41, 5.74) is 2.24. The molecule has 0 spiro atoms. The van der Waals surface area contributed by atoms with Crippen LogP contribution in [0.4, 0.5) is 17.1 Å². The number of anilines is 3. The quantitative estimate of drug-likeness (QED) is 0.730. The van der Waals surface area contributed by atoms with E-state index in [0.717, 1.165) is 17.1 Å². The predicted octanol–water partition coefficient (Wildman–Crippen LogP) is 3.09. The van der Waals surface area contributed by atoms with Crippen LogP contribution in [0.15, 0.2) is 48.5 Å². The Hall–Kier alpha value is -3.02. The second kappa shape index (κ2) is 8.57. The summed E-state index contributed by atoms with van der Waals surface area (Å²) in [4.78, 5) is 23.2. The summed E-state index contributed by atoms with van der Waals surface area (Å²) in [7, 11) is 1.59. The van der Waals surface area contributed by atoms with Gasteiger partial charge in [-0.3, -0.25) is 9.59 Å². The Morgan fingerprint density at radius 1 is 0.833 bits per heavy atom. The Labute approximate surface area is 141 Å². The molecule has 0 aliphatic carbocycles. The topological polar surface area (TPSA) is 79.5 Å². The minimum absolute atomic E-state index is 0.0328. The lowest BCUT2D eigenvalue weighted by atomic mass is 10.2. The lowest BCUT2D eigenvalue weighted by Gasteiger charge is -2.09. The van der Waals surface area contributed by atoms with Crippen LogP contribution in [0.5, 0.6) is 5.75 Å². The number of carbonyl (C=O) groups is 2. The van der Waals surface area contributed by atoms with Crippen LogP contribution in [0.3, 0.4) is 0 Å². The highest BCUT2D eigenvalue weighted by Gasteiger charge is 2.03. The van der Waals surface area contributed by atoms with Crippen LogP contribution in [0.25, 0.3) is 0 Å². The SMILES string of the molecule is CCC(=O)Nc1ccc(NCC(=O)Nc2ccc(OC)cc2)cc1. The van der Waals surface area contributed by atoms with Gasteiger partial charge in [-0.25, -0.2) is 0 Å². The van der Waals surface area contributed by atoms with Crippen LogP contribution >= 0.6 is 0 Å². The molecule has 0 saturated heterocycles. The first kappa shape index (κ1) is 17.3. The van der Waals surface area contributed by atoms with Crippen molar-refractivity contribution in [3.8, 4) is 5.75 Å². The molecule has 2 amide bonds. The zero-order valence-corrected chi connectivity index (χ0v) is 13.8. The summed E-state index contributed by atoms with van der Waals surface area (Å²) >= 11 is 0. The molecule has 6 heteroatoms. The van der Waals surface area contributed by atoms with Gasteiger partial charge in [0, 0.05) is 23.5 Å². The lowest BCUT2D eigenvalue weighted by molar-refractivity contribution is -0.116. The molecule has 0 fully saturated rings. The third kappa shape index (κ3) is 5.31. The fourth-order valence-corrected chi connectivity index (χ4v) is 1.98. The van der Waals surface area contributed by atoms with Gasteiger partial charge in [-0.05, 0) is 48.5 Å². The molecule has 2 rings (SSSR count). The van der Waals surface area contributed by atoms with Crippen molar-refractivity contribution in [2.75, 3.05) is 29.6 Å². The van der Waals surface area contributed by atoms with E-state index in [1.807, 2.05) is 12.1 Å². The van der Waals surface area contributed by atoms with Gasteiger partial charge in [0.15, 0.2) is 0 Å². The fourth-order valence-electron chi connectivity index (χ4n) is 1.98. The van der Waals surface area contributed by atoms with Crippen molar-refractivity contribution in [3.05, 3.63) is 48.5 Å². The second-order valence-corrected chi connectivity index (χ2v) is 5.11. The molecule has 0 bridgehead atoms. The van der Waals surface area contributed by atoms with Crippen LogP contribution in [0, 0.1) is 0 Å². The van der Waals surface area contributed by atoms with Gasteiger partial charge in [-0.1, -0.05) is 6.92 Å². The normalized spacial score (nSPS) is 9.92. The first-order valence-electron chi connectivity index (χ1n) is 7.68. The van der Waals surface area contributed by atoms with Crippen molar-refractivity contribution in [3.63, 3.8) is 0 Å².